The Labute approximate surface area is 154 Å². The normalized spacial score (nSPS) is 19.6. The van der Waals surface area contributed by atoms with Crippen LogP contribution >= 0.6 is 0 Å². The highest BCUT2D eigenvalue weighted by molar-refractivity contribution is 7.91. The van der Waals surface area contributed by atoms with Crippen LogP contribution in [0, 0.1) is 0 Å². The number of hydrogen-bond acceptors (Lipinski definition) is 6. The predicted molar refractivity (Wildman–Crippen MR) is 100 cm³/mol. The summed E-state index contributed by atoms with van der Waals surface area (Å²) in [6, 6.07) is 6.59. The highest BCUT2D eigenvalue weighted by Crippen LogP contribution is 2.20. The summed E-state index contributed by atoms with van der Waals surface area (Å²) in [6.45, 7) is 3.68. The topological polar surface area (TPSA) is 84.0 Å². The molecular formula is C18H26N2O5S. The van der Waals surface area contributed by atoms with Gasteiger partial charge in [0.1, 0.15) is 0 Å². The predicted octanol–water partition coefficient (Wildman–Crippen LogP) is 1.33. The van der Waals surface area contributed by atoms with Crippen molar-refractivity contribution in [3.05, 3.63) is 29.8 Å². The van der Waals surface area contributed by atoms with Crippen molar-refractivity contribution < 1.29 is 22.7 Å². The molecule has 7 nitrogen and oxygen atoms in total. The molecular weight excluding hydrogens is 356 g/mol. The molecule has 0 spiro atoms. The second kappa shape index (κ2) is 8.07. The number of esters is 1. The largest absolute Gasteiger partial charge is 0.449 e. The molecule has 0 N–H and O–H groups in total. The van der Waals surface area contributed by atoms with Gasteiger partial charge in [-0.1, -0.05) is 6.07 Å². The molecule has 1 heterocycles. The van der Waals surface area contributed by atoms with Gasteiger partial charge in [-0.15, -0.1) is 0 Å². The molecule has 1 fully saturated rings. The molecule has 2 atom stereocenters. The maximum atomic E-state index is 12.7. The second-order valence-electron chi connectivity index (χ2n) is 6.67. The minimum atomic E-state index is -3.10. The lowest BCUT2D eigenvalue weighted by Crippen LogP contribution is -2.46. The van der Waals surface area contributed by atoms with Crippen LogP contribution < -0.4 is 4.90 Å². The molecule has 0 saturated carbocycles. The molecule has 0 aliphatic carbocycles. The fraction of sp³-hybridized carbons (Fsp3) is 0.556. The molecule has 8 heteroatoms. The third kappa shape index (κ3) is 4.75. The van der Waals surface area contributed by atoms with E-state index in [9.17, 15) is 18.0 Å². The van der Waals surface area contributed by atoms with E-state index in [0.29, 0.717) is 18.5 Å². The average Bonchev–Trinajstić information content (AvgIpc) is 2.95. The molecule has 0 aromatic heterocycles. The number of hydrogen-bond donors (Lipinski definition) is 0. The SMILES string of the molecule is CCN(C(=O)[C@@H](C)OC(=O)c1cccc(N(C)C)c1)[C@H]1CCS(=O)(=O)C1. The average molecular weight is 382 g/mol. The fourth-order valence-corrected chi connectivity index (χ4v) is 4.77. The Morgan fingerprint density at radius 3 is 2.54 bits per heavy atom. The zero-order valence-corrected chi connectivity index (χ0v) is 16.5. The van der Waals surface area contributed by atoms with Crippen LogP contribution in [0.3, 0.4) is 0 Å². The lowest BCUT2D eigenvalue weighted by Gasteiger charge is -2.29. The number of amides is 1. The Hall–Kier alpha value is -2.09. The van der Waals surface area contributed by atoms with Crippen molar-refractivity contribution in [1.29, 1.82) is 0 Å². The summed E-state index contributed by atoms with van der Waals surface area (Å²) in [6.07, 6.45) is -0.554. The Kier molecular flexibility index (Phi) is 6.28. The smallest absolute Gasteiger partial charge is 0.338 e. The number of rotatable bonds is 6. The summed E-state index contributed by atoms with van der Waals surface area (Å²) >= 11 is 0. The molecule has 1 aromatic carbocycles. The van der Waals surface area contributed by atoms with Crippen LogP contribution in [0.1, 0.15) is 30.6 Å². The van der Waals surface area contributed by atoms with Gasteiger partial charge in [0, 0.05) is 32.4 Å². The third-order valence-corrected chi connectivity index (χ3v) is 6.25. The zero-order valence-electron chi connectivity index (χ0n) is 15.6. The van der Waals surface area contributed by atoms with Crippen LogP contribution in [-0.2, 0) is 19.4 Å². The van der Waals surface area contributed by atoms with Crippen LogP contribution in [0.2, 0.25) is 0 Å². The molecule has 1 saturated heterocycles. The molecule has 2 rings (SSSR count). The maximum absolute atomic E-state index is 12.7. The Balaban J connectivity index is 2.05. The Morgan fingerprint density at radius 1 is 1.31 bits per heavy atom. The highest BCUT2D eigenvalue weighted by Gasteiger charge is 2.36. The van der Waals surface area contributed by atoms with Crippen LogP contribution in [0.15, 0.2) is 24.3 Å². The number of likely N-dealkylation sites (N-methyl/N-ethyl adjacent to an activating group) is 1. The van der Waals surface area contributed by atoms with Gasteiger partial charge in [-0.05, 0) is 38.5 Å². The minimum Gasteiger partial charge on any atom is -0.449 e. The molecule has 0 radical (unpaired) electrons. The van der Waals surface area contributed by atoms with Gasteiger partial charge < -0.3 is 14.5 Å². The summed E-state index contributed by atoms with van der Waals surface area (Å²) in [5.74, 6) is -0.887. The van der Waals surface area contributed by atoms with Crippen molar-refractivity contribution in [2.24, 2.45) is 0 Å². The van der Waals surface area contributed by atoms with E-state index in [1.807, 2.05) is 25.1 Å². The van der Waals surface area contributed by atoms with Crippen LogP contribution in [0.25, 0.3) is 0 Å². The van der Waals surface area contributed by atoms with Gasteiger partial charge in [-0.25, -0.2) is 13.2 Å². The van der Waals surface area contributed by atoms with Gasteiger partial charge in [0.2, 0.25) is 0 Å². The van der Waals surface area contributed by atoms with E-state index < -0.39 is 21.9 Å². The summed E-state index contributed by atoms with van der Waals surface area (Å²) in [4.78, 5) is 28.4. The molecule has 0 bridgehead atoms. The van der Waals surface area contributed by atoms with E-state index in [1.54, 1.807) is 25.1 Å². The van der Waals surface area contributed by atoms with Crippen molar-refractivity contribution in [3.8, 4) is 0 Å². The van der Waals surface area contributed by atoms with Gasteiger partial charge in [0.25, 0.3) is 5.91 Å². The second-order valence-corrected chi connectivity index (χ2v) is 8.90. The summed E-state index contributed by atoms with van der Waals surface area (Å²) < 4.78 is 28.7. The minimum absolute atomic E-state index is 0.0296. The third-order valence-electron chi connectivity index (χ3n) is 4.50. The number of ether oxygens (including phenoxy) is 1. The number of carbonyl (C=O) groups is 2. The first-order chi connectivity index (χ1) is 12.1. The van der Waals surface area contributed by atoms with Crippen molar-refractivity contribution in [2.75, 3.05) is 37.0 Å². The van der Waals surface area contributed by atoms with E-state index in [1.165, 1.54) is 11.8 Å². The van der Waals surface area contributed by atoms with Crippen molar-refractivity contribution >= 4 is 27.4 Å². The van der Waals surface area contributed by atoms with Gasteiger partial charge in [-0.3, -0.25) is 4.79 Å². The number of sulfone groups is 1. The Bertz CT molecular complexity index is 776. The highest BCUT2D eigenvalue weighted by atomic mass is 32.2. The van der Waals surface area contributed by atoms with Crippen molar-refractivity contribution in [1.82, 2.24) is 4.90 Å². The molecule has 144 valence electrons. The van der Waals surface area contributed by atoms with E-state index in [4.69, 9.17) is 4.74 Å². The van der Waals surface area contributed by atoms with Crippen LogP contribution in [0.4, 0.5) is 5.69 Å². The number of carbonyl (C=O) groups excluding carboxylic acids is 2. The van der Waals surface area contributed by atoms with Crippen molar-refractivity contribution in [2.45, 2.75) is 32.4 Å². The molecule has 1 aliphatic heterocycles. The lowest BCUT2D eigenvalue weighted by atomic mass is 10.2. The lowest BCUT2D eigenvalue weighted by molar-refractivity contribution is -0.141. The van der Waals surface area contributed by atoms with Gasteiger partial charge in [0.05, 0.1) is 17.1 Å². The van der Waals surface area contributed by atoms with E-state index >= 15 is 0 Å². The van der Waals surface area contributed by atoms with Gasteiger partial charge in [-0.2, -0.15) is 0 Å². The summed E-state index contributed by atoms with van der Waals surface area (Å²) in [7, 11) is 0.638. The fourth-order valence-electron chi connectivity index (χ4n) is 3.04. The molecule has 0 unspecified atom stereocenters. The number of benzene rings is 1. The van der Waals surface area contributed by atoms with E-state index in [-0.39, 0.29) is 23.5 Å². The van der Waals surface area contributed by atoms with Crippen LogP contribution in [-0.4, -0.2) is 69.5 Å². The number of nitrogens with zero attached hydrogens (tertiary/aromatic N) is 2. The molecule has 26 heavy (non-hydrogen) atoms. The van der Waals surface area contributed by atoms with E-state index in [0.717, 1.165) is 5.69 Å². The zero-order chi connectivity index (χ0) is 19.5. The number of anilines is 1. The van der Waals surface area contributed by atoms with Crippen LogP contribution in [0.5, 0.6) is 0 Å². The first kappa shape index (κ1) is 20.2. The first-order valence-corrected chi connectivity index (χ1v) is 10.5. The maximum Gasteiger partial charge on any atom is 0.338 e. The van der Waals surface area contributed by atoms with E-state index in [2.05, 4.69) is 0 Å². The van der Waals surface area contributed by atoms with Gasteiger partial charge in [0.15, 0.2) is 15.9 Å². The standard InChI is InChI=1S/C18H26N2O5S/c1-5-20(16-9-10-26(23,24)12-16)17(21)13(2)25-18(22)14-7-6-8-15(11-14)19(3)4/h6-8,11,13,16H,5,9-10,12H2,1-4H3/t13-,16+/m1/s1. The monoisotopic (exact) mass is 382 g/mol. The Morgan fingerprint density at radius 2 is 2.00 bits per heavy atom. The van der Waals surface area contributed by atoms with Gasteiger partial charge >= 0.3 is 5.97 Å². The first-order valence-electron chi connectivity index (χ1n) is 8.64. The molecule has 1 aromatic rings. The molecule has 1 amide bonds. The van der Waals surface area contributed by atoms with Crippen molar-refractivity contribution in [3.63, 3.8) is 0 Å². The quantitative estimate of drug-likeness (QED) is 0.690. The summed E-state index contributed by atoms with van der Waals surface area (Å²) in [5.41, 5.74) is 1.21. The summed E-state index contributed by atoms with van der Waals surface area (Å²) in [5, 5.41) is 0. The molecule has 1 aliphatic rings.